The number of nitrogens with zero attached hydrogens (tertiary/aromatic N) is 1. The van der Waals surface area contributed by atoms with Gasteiger partial charge in [-0.2, -0.15) is 11.8 Å². The maximum absolute atomic E-state index is 12.1. The first kappa shape index (κ1) is 20.6. The van der Waals surface area contributed by atoms with Crippen molar-refractivity contribution < 1.29 is 9.53 Å². The standard InChI is InChI=1S/C18H36N2O2S/c1-18(2,3)22-17(21)20-13-9-10-16(11-14-20)19-12-7-5-6-8-15-23-4/h16,19H,5-15H2,1-4H3. The third kappa shape index (κ3) is 10.1. The SMILES string of the molecule is CSCCCCCCNC1CCCN(C(=O)OC(C)(C)C)CC1. The molecule has 1 aliphatic heterocycles. The van der Waals surface area contributed by atoms with Crippen LogP contribution in [0.5, 0.6) is 0 Å². The molecule has 1 atom stereocenters. The van der Waals surface area contributed by atoms with Gasteiger partial charge in [0.05, 0.1) is 0 Å². The van der Waals surface area contributed by atoms with Gasteiger partial charge < -0.3 is 15.0 Å². The monoisotopic (exact) mass is 344 g/mol. The lowest BCUT2D eigenvalue weighted by Crippen LogP contribution is -2.38. The van der Waals surface area contributed by atoms with E-state index < -0.39 is 5.60 Å². The first-order valence-corrected chi connectivity index (χ1v) is 10.5. The molecule has 1 aliphatic rings. The number of amides is 1. The minimum atomic E-state index is -0.405. The summed E-state index contributed by atoms with van der Waals surface area (Å²) >= 11 is 1.94. The molecular formula is C18H36N2O2S. The summed E-state index contributed by atoms with van der Waals surface area (Å²) < 4.78 is 5.48. The highest BCUT2D eigenvalue weighted by atomic mass is 32.2. The maximum atomic E-state index is 12.1. The zero-order chi connectivity index (χ0) is 17.1. The summed E-state index contributed by atoms with van der Waals surface area (Å²) in [5.74, 6) is 1.29. The van der Waals surface area contributed by atoms with E-state index in [0.29, 0.717) is 6.04 Å². The Hall–Kier alpha value is -0.420. The van der Waals surface area contributed by atoms with E-state index in [1.807, 2.05) is 37.4 Å². The van der Waals surface area contributed by atoms with Gasteiger partial charge >= 0.3 is 6.09 Å². The zero-order valence-electron chi connectivity index (χ0n) is 15.5. The van der Waals surface area contributed by atoms with E-state index >= 15 is 0 Å². The number of nitrogens with one attached hydrogen (secondary N) is 1. The Morgan fingerprint density at radius 1 is 1.17 bits per heavy atom. The number of ether oxygens (including phenoxy) is 1. The van der Waals surface area contributed by atoms with Gasteiger partial charge in [-0.05, 0) is 71.4 Å². The smallest absolute Gasteiger partial charge is 0.410 e. The van der Waals surface area contributed by atoms with E-state index in [1.54, 1.807) is 0 Å². The van der Waals surface area contributed by atoms with Gasteiger partial charge in [0, 0.05) is 19.1 Å². The van der Waals surface area contributed by atoms with Crippen LogP contribution in [0.1, 0.15) is 65.7 Å². The fourth-order valence-corrected chi connectivity index (χ4v) is 3.33. The van der Waals surface area contributed by atoms with Crippen molar-refractivity contribution in [2.45, 2.75) is 77.4 Å². The molecule has 1 fully saturated rings. The number of carbonyl (C=O) groups excluding carboxylic acids is 1. The minimum absolute atomic E-state index is 0.160. The van der Waals surface area contributed by atoms with Gasteiger partial charge in [0.1, 0.15) is 5.60 Å². The molecule has 5 heteroatoms. The molecule has 23 heavy (non-hydrogen) atoms. The molecule has 0 spiro atoms. The second kappa shape index (κ2) is 11.2. The van der Waals surface area contributed by atoms with Crippen LogP contribution in [-0.2, 0) is 4.74 Å². The third-order valence-electron chi connectivity index (χ3n) is 4.09. The molecule has 4 nitrogen and oxygen atoms in total. The van der Waals surface area contributed by atoms with E-state index in [9.17, 15) is 4.79 Å². The van der Waals surface area contributed by atoms with Crippen molar-refractivity contribution in [3.8, 4) is 0 Å². The van der Waals surface area contributed by atoms with Crippen LogP contribution in [0.25, 0.3) is 0 Å². The Balaban J connectivity index is 2.16. The van der Waals surface area contributed by atoms with Gasteiger partial charge in [-0.1, -0.05) is 12.8 Å². The van der Waals surface area contributed by atoms with Gasteiger partial charge in [-0.15, -0.1) is 0 Å². The van der Waals surface area contributed by atoms with E-state index in [1.165, 1.54) is 31.4 Å². The van der Waals surface area contributed by atoms with Crippen molar-refractivity contribution in [1.82, 2.24) is 10.2 Å². The largest absolute Gasteiger partial charge is 0.444 e. The van der Waals surface area contributed by atoms with Gasteiger partial charge in [0.2, 0.25) is 0 Å². The van der Waals surface area contributed by atoms with Crippen molar-refractivity contribution in [1.29, 1.82) is 0 Å². The first-order valence-electron chi connectivity index (χ1n) is 9.12. The van der Waals surface area contributed by atoms with E-state index in [0.717, 1.165) is 38.9 Å². The molecule has 1 N–H and O–H groups in total. The molecule has 1 heterocycles. The Kier molecular flexibility index (Phi) is 10.0. The number of unbranched alkanes of at least 4 members (excludes halogenated alkanes) is 3. The van der Waals surface area contributed by atoms with Crippen molar-refractivity contribution in [3.63, 3.8) is 0 Å². The number of hydrogen-bond donors (Lipinski definition) is 1. The maximum Gasteiger partial charge on any atom is 0.410 e. The number of rotatable bonds is 8. The van der Waals surface area contributed by atoms with Gasteiger partial charge in [0.25, 0.3) is 0 Å². The molecule has 136 valence electrons. The van der Waals surface area contributed by atoms with Crippen molar-refractivity contribution in [2.75, 3.05) is 31.6 Å². The first-order chi connectivity index (χ1) is 10.9. The molecule has 0 aromatic heterocycles. The van der Waals surface area contributed by atoms with Crippen LogP contribution in [-0.4, -0.2) is 54.3 Å². The van der Waals surface area contributed by atoms with Crippen LogP contribution in [0, 0.1) is 0 Å². The molecule has 0 saturated carbocycles. The van der Waals surface area contributed by atoms with Crippen molar-refractivity contribution >= 4 is 17.9 Å². The van der Waals surface area contributed by atoms with Crippen LogP contribution in [0.15, 0.2) is 0 Å². The molecule has 1 amide bonds. The molecular weight excluding hydrogens is 308 g/mol. The lowest BCUT2D eigenvalue weighted by molar-refractivity contribution is 0.0256. The fraction of sp³-hybridized carbons (Fsp3) is 0.944. The Morgan fingerprint density at radius 3 is 2.61 bits per heavy atom. The van der Waals surface area contributed by atoms with E-state index in [-0.39, 0.29) is 6.09 Å². The molecule has 0 aliphatic carbocycles. The highest BCUT2D eigenvalue weighted by Crippen LogP contribution is 2.15. The normalized spacial score (nSPS) is 19.5. The third-order valence-corrected chi connectivity index (χ3v) is 4.78. The highest BCUT2D eigenvalue weighted by Gasteiger charge is 2.24. The van der Waals surface area contributed by atoms with Crippen LogP contribution in [0.4, 0.5) is 4.79 Å². The summed E-state index contributed by atoms with van der Waals surface area (Å²) in [5.41, 5.74) is -0.405. The zero-order valence-corrected chi connectivity index (χ0v) is 16.3. The predicted octanol–water partition coefficient (Wildman–Crippen LogP) is 4.29. The lowest BCUT2D eigenvalue weighted by Gasteiger charge is -2.26. The lowest BCUT2D eigenvalue weighted by atomic mass is 10.1. The number of likely N-dealkylation sites (tertiary alicyclic amines) is 1. The van der Waals surface area contributed by atoms with Gasteiger partial charge in [-0.25, -0.2) is 4.79 Å². The fourth-order valence-electron chi connectivity index (χ4n) is 2.84. The van der Waals surface area contributed by atoms with E-state index in [4.69, 9.17) is 4.74 Å². The Morgan fingerprint density at radius 2 is 1.91 bits per heavy atom. The van der Waals surface area contributed by atoms with Gasteiger partial charge in [0.15, 0.2) is 0 Å². The number of carbonyl (C=O) groups is 1. The molecule has 1 rings (SSSR count). The van der Waals surface area contributed by atoms with E-state index in [2.05, 4.69) is 11.6 Å². The predicted molar refractivity (Wildman–Crippen MR) is 100 cm³/mol. The molecule has 0 bridgehead atoms. The summed E-state index contributed by atoms with van der Waals surface area (Å²) in [6.45, 7) is 8.50. The molecule has 0 radical (unpaired) electrons. The number of thioether (sulfide) groups is 1. The summed E-state index contributed by atoms with van der Waals surface area (Å²) in [7, 11) is 0. The second-order valence-electron chi connectivity index (χ2n) is 7.46. The number of hydrogen-bond acceptors (Lipinski definition) is 4. The van der Waals surface area contributed by atoms with Crippen LogP contribution in [0.3, 0.4) is 0 Å². The molecule has 1 unspecified atom stereocenters. The second-order valence-corrected chi connectivity index (χ2v) is 8.44. The molecule has 0 aromatic carbocycles. The van der Waals surface area contributed by atoms with Crippen molar-refractivity contribution in [2.24, 2.45) is 0 Å². The Bertz CT molecular complexity index is 331. The summed E-state index contributed by atoms with van der Waals surface area (Å²) in [6.07, 6.45) is 10.5. The van der Waals surface area contributed by atoms with Crippen molar-refractivity contribution in [3.05, 3.63) is 0 Å². The summed E-state index contributed by atoms with van der Waals surface area (Å²) in [5, 5.41) is 3.68. The molecule has 0 aromatic rings. The summed E-state index contributed by atoms with van der Waals surface area (Å²) in [6, 6.07) is 0.550. The average molecular weight is 345 g/mol. The van der Waals surface area contributed by atoms with Crippen LogP contribution < -0.4 is 5.32 Å². The topological polar surface area (TPSA) is 41.6 Å². The van der Waals surface area contributed by atoms with Crippen LogP contribution >= 0.6 is 11.8 Å². The van der Waals surface area contributed by atoms with Crippen LogP contribution in [0.2, 0.25) is 0 Å². The van der Waals surface area contributed by atoms with Gasteiger partial charge in [-0.3, -0.25) is 0 Å². The average Bonchev–Trinajstić information content (AvgIpc) is 2.70. The quantitative estimate of drug-likeness (QED) is 0.667. The minimum Gasteiger partial charge on any atom is -0.444 e. The molecule has 1 saturated heterocycles. The Labute approximate surface area is 147 Å². The summed E-state index contributed by atoms with van der Waals surface area (Å²) in [4.78, 5) is 14.0. The highest BCUT2D eigenvalue weighted by molar-refractivity contribution is 7.98.